The Hall–Kier alpha value is -1.84. The molecule has 0 saturated carbocycles. The molecule has 0 amide bonds. The Balaban J connectivity index is 2.08. The number of esters is 1. The number of rotatable bonds is 18. The fraction of sp³-hybridized carbons (Fsp3) is 0.704. The number of carboxylic acid groups (broad SMARTS) is 1. The minimum absolute atomic E-state index is 0.0919. The standard InChI is InChI=1S/C27H44O4/c1-22(2)18-15-13-11-9-7-5-4-6-8-10-12-14-16-19-23-20-17-21-24(27(30)31-3)25(23)26(28)29/h17,20-22H,4-16,18-19H2,1-3H3,(H,28,29). The van der Waals surface area contributed by atoms with Crippen LogP contribution in [0.2, 0.25) is 0 Å². The molecule has 0 bridgehead atoms. The summed E-state index contributed by atoms with van der Waals surface area (Å²) in [6.07, 6.45) is 18.9. The molecule has 0 unspecified atom stereocenters. The number of carbonyl (C=O) groups is 2. The third kappa shape index (κ3) is 11.9. The molecule has 0 aliphatic rings. The van der Waals surface area contributed by atoms with Crippen LogP contribution in [0.3, 0.4) is 0 Å². The summed E-state index contributed by atoms with van der Waals surface area (Å²) in [5.41, 5.74) is 0.955. The third-order valence-electron chi connectivity index (χ3n) is 6.00. The minimum Gasteiger partial charge on any atom is -0.478 e. The summed E-state index contributed by atoms with van der Waals surface area (Å²) in [6.45, 7) is 4.61. The molecule has 4 heteroatoms. The summed E-state index contributed by atoms with van der Waals surface area (Å²) in [5, 5.41) is 9.52. The first-order valence-corrected chi connectivity index (χ1v) is 12.4. The highest BCUT2D eigenvalue weighted by atomic mass is 16.5. The van der Waals surface area contributed by atoms with E-state index in [0.717, 1.165) is 24.3 Å². The maximum Gasteiger partial charge on any atom is 0.338 e. The average molecular weight is 433 g/mol. The van der Waals surface area contributed by atoms with Crippen LogP contribution < -0.4 is 0 Å². The lowest BCUT2D eigenvalue weighted by Gasteiger charge is -2.10. The van der Waals surface area contributed by atoms with Gasteiger partial charge in [0.05, 0.1) is 18.2 Å². The van der Waals surface area contributed by atoms with Gasteiger partial charge in [-0.3, -0.25) is 0 Å². The zero-order chi connectivity index (χ0) is 22.9. The molecule has 0 saturated heterocycles. The van der Waals surface area contributed by atoms with Gasteiger partial charge in [0, 0.05) is 0 Å². The summed E-state index contributed by atoms with van der Waals surface area (Å²) in [6, 6.07) is 5.06. The average Bonchev–Trinajstić information content (AvgIpc) is 2.75. The first-order chi connectivity index (χ1) is 15.0. The molecule has 0 fully saturated rings. The van der Waals surface area contributed by atoms with Crippen LogP contribution in [0.25, 0.3) is 0 Å². The SMILES string of the molecule is COC(=O)c1cccc(CCCCCCCCCCCCCCCC(C)C)c1C(=O)O. The molecule has 0 aliphatic heterocycles. The maximum absolute atomic E-state index is 11.8. The smallest absolute Gasteiger partial charge is 0.338 e. The van der Waals surface area contributed by atoms with Crippen molar-refractivity contribution in [1.29, 1.82) is 0 Å². The van der Waals surface area contributed by atoms with Crippen LogP contribution >= 0.6 is 0 Å². The molecule has 0 aliphatic carbocycles. The van der Waals surface area contributed by atoms with Gasteiger partial charge >= 0.3 is 11.9 Å². The van der Waals surface area contributed by atoms with E-state index in [9.17, 15) is 14.7 Å². The van der Waals surface area contributed by atoms with E-state index in [-0.39, 0.29) is 11.1 Å². The minimum atomic E-state index is -1.06. The van der Waals surface area contributed by atoms with E-state index in [2.05, 4.69) is 13.8 Å². The van der Waals surface area contributed by atoms with Crippen molar-refractivity contribution in [2.45, 2.75) is 110 Å². The monoisotopic (exact) mass is 432 g/mol. The van der Waals surface area contributed by atoms with E-state index in [1.54, 1.807) is 12.1 Å². The molecular formula is C27H44O4. The molecule has 1 aromatic rings. The van der Waals surface area contributed by atoms with Crippen LogP contribution in [0.5, 0.6) is 0 Å². The van der Waals surface area contributed by atoms with Gasteiger partial charge in [-0.25, -0.2) is 9.59 Å². The predicted octanol–water partition coefficient (Wildman–Crippen LogP) is 7.83. The number of carbonyl (C=O) groups excluding carboxylic acids is 1. The molecule has 0 heterocycles. The number of hydrogen-bond donors (Lipinski definition) is 1. The summed E-state index contributed by atoms with van der Waals surface area (Å²) in [5.74, 6) is -0.808. The summed E-state index contributed by atoms with van der Waals surface area (Å²) < 4.78 is 4.71. The van der Waals surface area contributed by atoms with Crippen molar-refractivity contribution in [3.8, 4) is 0 Å². The van der Waals surface area contributed by atoms with Crippen molar-refractivity contribution >= 4 is 11.9 Å². The van der Waals surface area contributed by atoms with E-state index >= 15 is 0 Å². The van der Waals surface area contributed by atoms with Crippen molar-refractivity contribution in [3.05, 3.63) is 34.9 Å². The molecule has 1 aromatic carbocycles. The molecule has 4 nitrogen and oxygen atoms in total. The van der Waals surface area contributed by atoms with Crippen LogP contribution in [-0.4, -0.2) is 24.2 Å². The normalized spacial score (nSPS) is 11.1. The molecule has 1 rings (SSSR count). The molecule has 0 radical (unpaired) electrons. The Morgan fingerprint density at radius 2 is 1.29 bits per heavy atom. The van der Waals surface area contributed by atoms with Crippen molar-refractivity contribution in [1.82, 2.24) is 0 Å². The highest BCUT2D eigenvalue weighted by molar-refractivity contribution is 6.03. The number of ether oxygens (including phenoxy) is 1. The predicted molar refractivity (Wildman–Crippen MR) is 128 cm³/mol. The summed E-state index contributed by atoms with van der Waals surface area (Å²) >= 11 is 0. The number of aryl methyl sites for hydroxylation is 1. The second-order valence-electron chi connectivity index (χ2n) is 9.17. The third-order valence-corrected chi connectivity index (χ3v) is 6.00. The van der Waals surface area contributed by atoms with Gasteiger partial charge in [0.1, 0.15) is 0 Å². The van der Waals surface area contributed by atoms with Crippen molar-refractivity contribution < 1.29 is 19.4 Å². The number of unbranched alkanes of at least 4 members (excludes halogenated alkanes) is 12. The highest BCUT2D eigenvalue weighted by Crippen LogP contribution is 2.20. The molecule has 0 atom stereocenters. The van der Waals surface area contributed by atoms with Crippen molar-refractivity contribution in [2.24, 2.45) is 5.92 Å². The molecule has 1 N–H and O–H groups in total. The topological polar surface area (TPSA) is 63.6 Å². The molecule has 31 heavy (non-hydrogen) atoms. The van der Waals surface area contributed by atoms with Crippen LogP contribution in [0, 0.1) is 5.92 Å². The number of hydrogen-bond acceptors (Lipinski definition) is 3. The lowest BCUT2D eigenvalue weighted by atomic mass is 9.96. The Kier molecular flexibility index (Phi) is 14.7. The van der Waals surface area contributed by atoms with E-state index in [1.165, 1.54) is 90.2 Å². The Bertz CT molecular complexity index is 636. The largest absolute Gasteiger partial charge is 0.478 e. The molecule has 0 aromatic heterocycles. The van der Waals surface area contributed by atoms with Crippen LogP contribution in [0.1, 0.15) is 130 Å². The lowest BCUT2D eigenvalue weighted by Crippen LogP contribution is -2.13. The first-order valence-electron chi connectivity index (χ1n) is 12.4. The van der Waals surface area contributed by atoms with Gasteiger partial charge < -0.3 is 9.84 Å². The van der Waals surface area contributed by atoms with E-state index in [0.29, 0.717) is 6.42 Å². The van der Waals surface area contributed by atoms with Gasteiger partial charge in [0.25, 0.3) is 0 Å². The first kappa shape index (κ1) is 27.2. The number of carboxylic acids is 1. The zero-order valence-electron chi connectivity index (χ0n) is 20.1. The van der Waals surface area contributed by atoms with Gasteiger partial charge in [-0.05, 0) is 30.4 Å². The number of methoxy groups -OCH3 is 1. The van der Waals surface area contributed by atoms with Gasteiger partial charge in [0.15, 0.2) is 0 Å². The maximum atomic E-state index is 11.8. The second kappa shape index (κ2) is 16.8. The zero-order valence-corrected chi connectivity index (χ0v) is 20.1. The quantitative estimate of drug-likeness (QED) is 0.190. The van der Waals surface area contributed by atoms with Gasteiger partial charge in [-0.1, -0.05) is 109 Å². The van der Waals surface area contributed by atoms with Crippen LogP contribution in [-0.2, 0) is 11.2 Å². The second-order valence-corrected chi connectivity index (χ2v) is 9.17. The van der Waals surface area contributed by atoms with E-state index in [4.69, 9.17) is 4.74 Å². The Labute approximate surface area is 189 Å². The van der Waals surface area contributed by atoms with Gasteiger partial charge in [-0.15, -0.1) is 0 Å². The summed E-state index contributed by atoms with van der Waals surface area (Å²) in [4.78, 5) is 23.5. The van der Waals surface area contributed by atoms with E-state index < -0.39 is 11.9 Å². The van der Waals surface area contributed by atoms with Crippen molar-refractivity contribution in [2.75, 3.05) is 7.11 Å². The highest BCUT2D eigenvalue weighted by Gasteiger charge is 2.20. The molecular weight excluding hydrogens is 388 g/mol. The fourth-order valence-corrected chi connectivity index (χ4v) is 4.15. The lowest BCUT2D eigenvalue weighted by molar-refractivity contribution is 0.0582. The molecule has 176 valence electrons. The number of benzene rings is 1. The fourth-order valence-electron chi connectivity index (χ4n) is 4.15. The van der Waals surface area contributed by atoms with Crippen LogP contribution in [0.4, 0.5) is 0 Å². The van der Waals surface area contributed by atoms with E-state index in [1.807, 2.05) is 0 Å². The Morgan fingerprint density at radius 1 is 0.806 bits per heavy atom. The Morgan fingerprint density at radius 3 is 1.74 bits per heavy atom. The molecule has 0 spiro atoms. The van der Waals surface area contributed by atoms with Crippen molar-refractivity contribution in [3.63, 3.8) is 0 Å². The van der Waals surface area contributed by atoms with Crippen LogP contribution in [0.15, 0.2) is 18.2 Å². The van der Waals surface area contributed by atoms with Gasteiger partial charge in [0.2, 0.25) is 0 Å². The summed E-state index contributed by atoms with van der Waals surface area (Å²) in [7, 11) is 1.27. The number of aromatic carboxylic acids is 1. The van der Waals surface area contributed by atoms with Gasteiger partial charge in [-0.2, -0.15) is 0 Å².